The number of amides is 1. The zero-order valence-corrected chi connectivity index (χ0v) is 11.7. The zero-order chi connectivity index (χ0) is 17.0. The molecule has 0 fully saturated rings. The van der Waals surface area contributed by atoms with Crippen LogP contribution in [0.1, 0.15) is 30.6 Å². The SMILES string of the molecule is CC[C@H](C)N(C(=O)c1cc([N+](=O)[O-])cc([N+](=O)[O-])c1)[N+](=O)[O-]. The van der Waals surface area contributed by atoms with E-state index in [0.29, 0.717) is 11.1 Å². The number of hydrazine groups is 1. The average molecular weight is 312 g/mol. The van der Waals surface area contributed by atoms with Gasteiger partial charge in [-0.25, -0.2) is 10.1 Å². The fraction of sp³-hybridized carbons (Fsp3) is 0.364. The van der Waals surface area contributed by atoms with Crippen molar-refractivity contribution in [2.24, 2.45) is 0 Å². The summed E-state index contributed by atoms with van der Waals surface area (Å²) in [6.07, 6.45) is 0.268. The van der Waals surface area contributed by atoms with Gasteiger partial charge in [-0.3, -0.25) is 25.0 Å². The Morgan fingerprint density at radius 1 is 1.09 bits per heavy atom. The quantitative estimate of drug-likeness (QED) is 0.575. The van der Waals surface area contributed by atoms with Gasteiger partial charge in [0.15, 0.2) is 5.03 Å². The van der Waals surface area contributed by atoms with E-state index < -0.39 is 43.8 Å². The standard InChI is InChI=1S/C11H12N4O7/c1-3-7(2)12(15(21)22)11(16)8-4-9(13(17)18)6-10(5-8)14(19)20/h4-7H,3H2,1-2H3/t7-/m0/s1. The molecule has 0 aliphatic carbocycles. The molecule has 1 amide bonds. The molecule has 0 aliphatic rings. The van der Waals surface area contributed by atoms with Crippen LogP contribution in [0.4, 0.5) is 11.4 Å². The molecule has 11 nitrogen and oxygen atoms in total. The Balaban J connectivity index is 3.40. The predicted molar refractivity (Wildman–Crippen MR) is 72.7 cm³/mol. The van der Waals surface area contributed by atoms with Crippen molar-refractivity contribution in [3.63, 3.8) is 0 Å². The second-order valence-corrected chi connectivity index (χ2v) is 4.40. The molecule has 22 heavy (non-hydrogen) atoms. The van der Waals surface area contributed by atoms with E-state index in [1.165, 1.54) is 6.92 Å². The van der Waals surface area contributed by atoms with Crippen molar-refractivity contribution in [2.45, 2.75) is 26.3 Å². The number of nitro groups is 3. The molecule has 0 saturated carbocycles. The van der Waals surface area contributed by atoms with Crippen molar-refractivity contribution in [3.05, 3.63) is 54.1 Å². The van der Waals surface area contributed by atoms with Gasteiger partial charge in [-0.2, -0.15) is 0 Å². The van der Waals surface area contributed by atoms with Gasteiger partial charge in [0.1, 0.15) is 0 Å². The molecular weight excluding hydrogens is 300 g/mol. The van der Waals surface area contributed by atoms with E-state index in [1.54, 1.807) is 6.92 Å². The van der Waals surface area contributed by atoms with Gasteiger partial charge in [0.2, 0.25) is 0 Å². The second kappa shape index (κ2) is 6.56. The Labute approximate surface area is 123 Å². The number of non-ortho nitro benzene ring substituents is 2. The van der Waals surface area contributed by atoms with E-state index in [2.05, 4.69) is 0 Å². The maximum absolute atomic E-state index is 12.2. The number of nitro benzene ring substituents is 2. The molecule has 1 rings (SSSR count). The molecular formula is C11H12N4O7. The second-order valence-electron chi connectivity index (χ2n) is 4.40. The van der Waals surface area contributed by atoms with Crippen LogP contribution in [0.5, 0.6) is 0 Å². The molecule has 1 atom stereocenters. The average Bonchev–Trinajstić information content (AvgIpc) is 2.45. The van der Waals surface area contributed by atoms with Crippen molar-refractivity contribution in [1.82, 2.24) is 5.01 Å². The summed E-state index contributed by atoms with van der Waals surface area (Å²) in [5.74, 6) is -1.15. The highest BCUT2D eigenvalue weighted by Gasteiger charge is 2.32. The molecule has 0 aromatic heterocycles. The Morgan fingerprint density at radius 3 is 1.86 bits per heavy atom. The Hall–Kier alpha value is -3.11. The molecule has 0 spiro atoms. The number of nitrogens with zero attached hydrogens (tertiary/aromatic N) is 4. The van der Waals surface area contributed by atoms with Gasteiger partial charge in [-0.05, 0) is 13.3 Å². The van der Waals surface area contributed by atoms with Crippen LogP contribution in [0, 0.1) is 30.3 Å². The van der Waals surface area contributed by atoms with Crippen LogP contribution in [-0.2, 0) is 0 Å². The summed E-state index contributed by atoms with van der Waals surface area (Å²) in [6, 6.07) is 1.44. The third kappa shape index (κ3) is 3.50. The van der Waals surface area contributed by atoms with Crippen molar-refractivity contribution in [1.29, 1.82) is 0 Å². The number of carbonyl (C=O) groups is 1. The third-order valence-corrected chi connectivity index (χ3v) is 2.96. The summed E-state index contributed by atoms with van der Waals surface area (Å²) in [5, 5.41) is 31.9. The van der Waals surface area contributed by atoms with Gasteiger partial charge >= 0.3 is 5.91 Å². The molecule has 0 saturated heterocycles. The fourth-order valence-corrected chi connectivity index (χ4v) is 1.67. The molecule has 1 aromatic rings. The Bertz CT molecular complexity index is 613. The van der Waals surface area contributed by atoms with E-state index in [0.717, 1.165) is 12.1 Å². The van der Waals surface area contributed by atoms with E-state index in [9.17, 15) is 35.1 Å². The van der Waals surface area contributed by atoms with Crippen molar-refractivity contribution < 1.29 is 19.7 Å². The van der Waals surface area contributed by atoms with Crippen LogP contribution in [0.25, 0.3) is 0 Å². The lowest BCUT2D eigenvalue weighted by molar-refractivity contribution is -0.640. The topological polar surface area (TPSA) is 150 Å². The van der Waals surface area contributed by atoms with Crippen LogP contribution in [-0.4, -0.2) is 31.8 Å². The van der Waals surface area contributed by atoms with Crippen LogP contribution < -0.4 is 0 Å². The minimum absolute atomic E-state index is 0.268. The van der Waals surface area contributed by atoms with Crippen molar-refractivity contribution >= 4 is 17.3 Å². The molecule has 0 unspecified atom stereocenters. The lowest BCUT2D eigenvalue weighted by Crippen LogP contribution is -2.42. The van der Waals surface area contributed by atoms with E-state index >= 15 is 0 Å². The highest BCUT2D eigenvalue weighted by Crippen LogP contribution is 2.24. The summed E-state index contributed by atoms with van der Waals surface area (Å²) < 4.78 is 0. The van der Waals surface area contributed by atoms with Gasteiger partial charge in [-0.15, -0.1) is 0 Å². The molecule has 0 radical (unpaired) electrons. The molecule has 118 valence electrons. The predicted octanol–water partition coefficient (Wildman–Crippen LogP) is 1.94. The number of hydrogen-bond acceptors (Lipinski definition) is 7. The summed E-state index contributed by atoms with van der Waals surface area (Å²) in [6.45, 7) is 3.04. The monoisotopic (exact) mass is 312 g/mol. The molecule has 1 aromatic carbocycles. The lowest BCUT2D eigenvalue weighted by atomic mass is 10.1. The van der Waals surface area contributed by atoms with Crippen LogP contribution >= 0.6 is 0 Å². The van der Waals surface area contributed by atoms with Gasteiger partial charge < -0.3 is 0 Å². The minimum Gasteiger partial charge on any atom is -0.263 e. The molecule has 0 bridgehead atoms. The zero-order valence-electron chi connectivity index (χ0n) is 11.7. The number of hydrogen-bond donors (Lipinski definition) is 0. The lowest BCUT2D eigenvalue weighted by Gasteiger charge is -2.17. The van der Waals surface area contributed by atoms with Crippen LogP contribution in [0.2, 0.25) is 0 Å². The number of benzene rings is 1. The first kappa shape index (κ1) is 16.9. The highest BCUT2D eigenvalue weighted by atomic mass is 16.7. The van der Waals surface area contributed by atoms with Crippen molar-refractivity contribution in [2.75, 3.05) is 0 Å². The van der Waals surface area contributed by atoms with Gasteiger partial charge in [0, 0.05) is 12.1 Å². The van der Waals surface area contributed by atoms with Gasteiger partial charge in [0.25, 0.3) is 11.4 Å². The van der Waals surface area contributed by atoms with E-state index in [-0.39, 0.29) is 6.42 Å². The van der Waals surface area contributed by atoms with Gasteiger partial charge in [-0.1, -0.05) is 11.9 Å². The van der Waals surface area contributed by atoms with E-state index in [4.69, 9.17) is 0 Å². The maximum atomic E-state index is 12.2. The molecule has 11 heteroatoms. The first-order valence-corrected chi connectivity index (χ1v) is 6.10. The summed E-state index contributed by atoms with van der Waals surface area (Å²) in [7, 11) is 0. The van der Waals surface area contributed by atoms with Crippen LogP contribution in [0.3, 0.4) is 0 Å². The van der Waals surface area contributed by atoms with Crippen LogP contribution in [0.15, 0.2) is 18.2 Å². The summed E-state index contributed by atoms with van der Waals surface area (Å²) in [5.41, 5.74) is -1.87. The maximum Gasteiger partial charge on any atom is 0.314 e. The normalized spacial score (nSPS) is 11.5. The molecule has 0 aliphatic heterocycles. The third-order valence-electron chi connectivity index (χ3n) is 2.96. The number of rotatable bonds is 6. The largest absolute Gasteiger partial charge is 0.314 e. The van der Waals surface area contributed by atoms with Gasteiger partial charge in [0.05, 0.1) is 27.5 Å². The highest BCUT2D eigenvalue weighted by molar-refractivity contribution is 5.95. The molecule has 0 N–H and O–H groups in total. The number of carbonyl (C=O) groups excluding carboxylic acids is 1. The minimum atomic E-state index is -1.15. The molecule has 0 heterocycles. The summed E-state index contributed by atoms with van der Waals surface area (Å²) in [4.78, 5) is 42.9. The Morgan fingerprint density at radius 2 is 1.55 bits per heavy atom. The smallest absolute Gasteiger partial charge is 0.263 e. The summed E-state index contributed by atoms with van der Waals surface area (Å²) >= 11 is 0. The first-order chi connectivity index (χ1) is 10.2. The van der Waals surface area contributed by atoms with E-state index in [1.807, 2.05) is 0 Å². The fourth-order valence-electron chi connectivity index (χ4n) is 1.67. The first-order valence-electron chi connectivity index (χ1n) is 6.10. The van der Waals surface area contributed by atoms with Crippen molar-refractivity contribution in [3.8, 4) is 0 Å². The Kier molecular flexibility index (Phi) is 5.05.